The van der Waals surface area contributed by atoms with Crippen molar-refractivity contribution in [2.24, 2.45) is 0 Å². The van der Waals surface area contributed by atoms with Gasteiger partial charge in [-0.1, -0.05) is 13.8 Å². The molecule has 0 bridgehead atoms. The lowest BCUT2D eigenvalue weighted by Gasteiger charge is -2.05. The van der Waals surface area contributed by atoms with Crippen LogP contribution in [0.4, 0.5) is 0 Å². The predicted octanol–water partition coefficient (Wildman–Crippen LogP) is 4.66. The molecule has 114 valence electrons. The van der Waals surface area contributed by atoms with Crippen LogP contribution in [0.2, 0.25) is 0 Å². The van der Waals surface area contributed by atoms with Gasteiger partial charge in [-0.15, -0.1) is 0 Å². The first-order valence-corrected chi connectivity index (χ1v) is 7.36. The van der Waals surface area contributed by atoms with E-state index in [4.69, 9.17) is 9.83 Å². The first-order valence-electron chi connectivity index (χ1n) is 7.36. The number of carbonyl (C=O) groups excluding carboxylic acids is 1. The molecule has 0 atom stereocenters. The molecule has 0 aliphatic carbocycles. The third-order valence-electron chi connectivity index (χ3n) is 3.32. The van der Waals surface area contributed by atoms with Gasteiger partial charge in [0.2, 0.25) is 0 Å². The number of rotatable bonds is 6. The van der Waals surface area contributed by atoms with E-state index in [9.17, 15) is 4.79 Å². The summed E-state index contributed by atoms with van der Waals surface area (Å²) in [5, 5.41) is 7.72. The molecule has 4 nitrogen and oxygen atoms in total. The van der Waals surface area contributed by atoms with Gasteiger partial charge in [0.15, 0.2) is 0 Å². The Labute approximate surface area is 130 Å². The molecule has 0 radical (unpaired) electrons. The smallest absolute Gasteiger partial charge is 0.257 e. The van der Waals surface area contributed by atoms with Crippen LogP contribution in [0.1, 0.15) is 42.8 Å². The van der Waals surface area contributed by atoms with Gasteiger partial charge in [0.25, 0.3) is 5.91 Å². The first kappa shape index (κ1) is 15.8. The molecule has 2 aromatic rings. The van der Waals surface area contributed by atoms with Gasteiger partial charge in [0, 0.05) is 23.7 Å². The minimum atomic E-state index is -0.0849. The average Bonchev–Trinajstić information content (AvgIpc) is 3.20. The van der Waals surface area contributed by atoms with Crippen molar-refractivity contribution in [1.29, 1.82) is 5.41 Å². The summed E-state index contributed by atoms with van der Waals surface area (Å²) in [5.41, 5.74) is 2.03. The molecule has 0 saturated heterocycles. The van der Waals surface area contributed by atoms with E-state index >= 15 is 0 Å². The van der Waals surface area contributed by atoms with Crippen molar-refractivity contribution in [2.75, 3.05) is 0 Å². The van der Waals surface area contributed by atoms with Gasteiger partial charge in [-0.25, -0.2) is 0 Å². The number of allylic oxidation sites excluding steroid dienone is 2. The fraction of sp³-hybridized carbons (Fsp3) is 0.222. The summed E-state index contributed by atoms with van der Waals surface area (Å²) in [5.74, 6) is 0.683. The van der Waals surface area contributed by atoms with Crippen molar-refractivity contribution in [1.82, 2.24) is 4.57 Å². The van der Waals surface area contributed by atoms with Crippen molar-refractivity contribution in [3.8, 4) is 0 Å². The van der Waals surface area contributed by atoms with Crippen LogP contribution >= 0.6 is 0 Å². The molecular weight excluding hydrogens is 276 g/mol. The Morgan fingerprint density at radius 1 is 1.27 bits per heavy atom. The highest BCUT2D eigenvalue weighted by molar-refractivity contribution is 6.03. The van der Waals surface area contributed by atoms with Gasteiger partial charge in [-0.2, -0.15) is 0 Å². The number of furan rings is 1. The van der Waals surface area contributed by atoms with E-state index in [1.54, 1.807) is 29.3 Å². The van der Waals surface area contributed by atoms with Crippen molar-refractivity contribution in [3.63, 3.8) is 0 Å². The third-order valence-corrected chi connectivity index (χ3v) is 3.32. The zero-order chi connectivity index (χ0) is 15.9. The zero-order valence-corrected chi connectivity index (χ0v) is 12.9. The zero-order valence-electron chi connectivity index (χ0n) is 12.9. The quantitative estimate of drug-likeness (QED) is 0.622. The predicted molar refractivity (Wildman–Crippen MR) is 89.1 cm³/mol. The fourth-order valence-corrected chi connectivity index (χ4v) is 2.00. The number of hydrogen-bond donors (Lipinski definition) is 1. The van der Waals surface area contributed by atoms with Crippen molar-refractivity contribution in [2.45, 2.75) is 26.7 Å². The van der Waals surface area contributed by atoms with E-state index in [1.165, 1.54) is 0 Å². The Balaban J connectivity index is 2.14. The molecule has 0 spiro atoms. The van der Waals surface area contributed by atoms with Crippen LogP contribution in [0, 0.1) is 5.41 Å². The third kappa shape index (κ3) is 3.95. The van der Waals surface area contributed by atoms with Gasteiger partial charge in [0.1, 0.15) is 5.76 Å². The van der Waals surface area contributed by atoms with Crippen LogP contribution in [0.15, 0.2) is 52.9 Å². The molecule has 2 rings (SSSR count). The largest absolute Gasteiger partial charge is 0.465 e. The minimum absolute atomic E-state index is 0.0849. The van der Waals surface area contributed by atoms with Crippen LogP contribution in [0.3, 0.4) is 0 Å². The normalized spacial score (nSPS) is 12.0. The lowest BCUT2D eigenvalue weighted by molar-refractivity contribution is 0.0952. The lowest BCUT2D eigenvalue weighted by Crippen LogP contribution is -2.12. The van der Waals surface area contributed by atoms with E-state index < -0.39 is 0 Å². The second kappa shape index (κ2) is 7.41. The van der Waals surface area contributed by atoms with Crippen LogP contribution < -0.4 is 0 Å². The Morgan fingerprint density at radius 2 is 2.09 bits per heavy atom. The van der Waals surface area contributed by atoms with E-state index in [-0.39, 0.29) is 5.91 Å². The van der Waals surface area contributed by atoms with E-state index in [0.717, 1.165) is 11.3 Å². The van der Waals surface area contributed by atoms with E-state index in [0.29, 0.717) is 24.1 Å². The molecule has 22 heavy (non-hydrogen) atoms. The Hall–Kier alpha value is -2.62. The number of aromatic nitrogens is 1. The average molecular weight is 296 g/mol. The first-order chi connectivity index (χ1) is 10.6. The van der Waals surface area contributed by atoms with Crippen LogP contribution in [0.5, 0.6) is 0 Å². The highest BCUT2D eigenvalue weighted by Gasteiger charge is 2.10. The highest BCUT2D eigenvalue weighted by atomic mass is 16.3. The number of nitrogens with zero attached hydrogens (tertiary/aromatic N) is 1. The molecule has 0 fully saturated rings. The summed E-state index contributed by atoms with van der Waals surface area (Å²) >= 11 is 0. The maximum Gasteiger partial charge on any atom is 0.257 e. The van der Waals surface area contributed by atoms with Gasteiger partial charge in [-0.05, 0) is 54.8 Å². The molecular formula is C18H20N2O2. The molecule has 0 aliphatic rings. The van der Waals surface area contributed by atoms with Crippen molar-refractivity contribution < 1.29 is 9.21 Å². The number of nitrogens with one attached hydrogen (secondary N) is 1. The number of carbonyl (C=O) groups is 1. The Bertz CT molecular complexity index is 703. The van der Waals surface area contributed by atoms with Gasteiger partial charge in [0.05, 0.1) is 6.26 Å². The van der Waals surface area contributed by atoms with E-state index in [1.807, 2.05) is 44.2 Å². The standard InChI is InChI=1S/C18H20N2O2/c1-3-15(12-16(19)4-2)18(21)20-10-9-14(13-20)7-8-17-6-5-11-22-17/h5-13,19H,3-4H2,1-2H3/b8-7?,15-12+,19-16?. The molecule has 0 aromatic carbocycles. The lowest BCUT2D eigenvalue weighted by atomic mass is 10.1. The fourth-order valence-electron chi connectivity index (χ4n) is 2.00. The van der Waals surface area contributed by atoms with Gasteiger partial charge >= 0.3 is 0 Å². The molecule has 2 heterocycles. The summed E-state index contributed by atoms with van der Waals surface area (Å²) in [4.78, 5) is 12.4. The molecule has 0 aliphatic heterocycles. The van der Waals surface area contributed by atoms with E-state index in [2.05, 4.69) is 0 Å². The van der Waals surface area contributed by atoms with Crippen LogP contribution in [-0.4, -0.2) is 16.2 Å². The van der Waals surface area contributed by atoms with Crippen LogP contribution in [-0.2, 0) is 0 Å². The van der Waals surface area contributed by atoms with Crippen molar-refractivity contribution >= 4 is 23.8 Å². The second-order valence-electron chi connectivity index (χ2n) is 4.91. The van der Waals surface area contributed by atoms with Crippen molar-refractivity contribution in [3.05, 3.63) is 59.8 Å². The molecule has 0 saturated carbocycles. The monoisotopic (exact) mass is 296 g/mol. The molecule has 0 unspecified atom stereocenters. The highest BCUT2D eigenvalue weighted by Crippen LogP contribution is 2.12. The summed E-state index contributed by atoms with van der Waals surface area (Å²) in [6.45, 7) is 3.83. The van der Waals surface area contributed by atoms with Crippen LogP contribution in [0.25, 0.3) is 12.2 Å². The molecule has 0 amide bonds. The second-order valence-corrected chi connectivity index (χ2v) is 4.91. The number of hydrogen-bond acceptors (Lipinski definition) is 3. The van der Waals surface area contributed by atoms with Gasteiger partial charge in [-0.3, -0.25) is 9.36 Å². The summed E-state index contributed by atoms with van der Waals surface area (Å²) in [6, 6.07) is 5.57. The SMILES string of the molecule is CCC(=N)/C=C(\CC)C(=O)n1ccc(C=Cc2ccco2)c1. The van der Waals surface area contributed by atoms with Gasteiger partial charge < -0.3 is 9.83 Å². The maximum atomic E-state index is 12.4. The molecule has 2 aromatic heterocycles. The Kier molecular flexibility index (Phi) is 5.31. The molecule has 1 N–H and O–H groups in total. The minimum Gasteiger partial charge on any atom is -0.465 e. The summed E-state index contributed by atoms with van der Waals surface area (Å²) < 4.78 is 6.78. The Morgan fingerprint density at radius 3 is 2.73 bits per heavy atom. The maximum absolute atomic E-state index is 12.4. The summed E-state index contributed by atoms with van der Waals surface area (Å²) in [7, 11) is 0. The topological polar surface area (TPSA) is 59.0 Å². The summed E-state index contributed by atoms with van der Waals surface area (Å²) in [6.07, 6.45) is 11.8. The molecule has 4 heteroatoms.